The van der Waals surface area contributed by atoms with Crippen LogP contribution in [0.15, 0.2) is 12.1 Å². The van der Waals surface area contributed by atoms with Gasteiger partial charge in [-0.05, 0) is 25.5 Å². The van der Waals surface area contributed by atoms with Crippen LogP contribution >= 0.6 is 11.6 Å². The van der Waals surface area contributed by atoms with Gasteiger partial charge in [0.05, 0.1) is 10.7 Å². The van der Waals surface area contributed by atoms with E-state index in [2.05, 4.69) is 0 Å². The summed E-state index contributed by atoms with van der Waals surface area (Å²) in [6, 6.07) is 3.48. The van der Waals surface area contributed by atoms with Gasteiger partial charge in [0.25, 0.3) is 0 Å². The summed E-state index contributed by atoms with van der Waals surface area (Å²) in [5, 5.41) is 0.363. The quantitative estimate of drug-likeness (QED) is 0.537. The molecule has 0 atom stereocenters. The number of halogens is 1. The summed E-state index contributed by atoms with van der Waals surface area (Å²) in [4.78, 5) is 11.0. The van der Waals surface area contributed by atoms with Gasteiger partial charge in [-0.25, -0.2) is 0 Å². The average molecular weight is 184 g/mol. The molecule has 0 fully saturated rings. The first-order valence-electron chi connectivity index (χ1n) is 3.59. The van der Waals surface area contributed by atoms with Gasteiger partial charge < -0.3 is 5.73 Å². The van der Waals surface area contributed by atoms with Crippen molar-refractivity contribution in [2.75, 3.05) is 5.73 Å². The van der Waals surface area contributed by atoms with Crippen LogP contribution in [-0.2, 0) is 0 Å². The maximum atomic E-state index is 11.0. The Bertz CT molecular complexity index is 334. The van der Waals surface area contributed by atoms with E-state index in [1.54, 1.807) is 12.1 Å². The first-order chi connectivity index (χ1) is 5.54. The molecule has 0 aliphatic rings. The highest BCUT2D eigenvalue weighted by Gasteiger charge is 2.09. The second-order valence-corrected chi connectivity index (χ2v) is 3.09. The molecule has 0 spiro atoms. The maximum Gasteiger partial charge on any atom is 0.161 e. The minimum absolute atomic E-state index is 0.0632. The van der Waals surface area contributed by atoms with E-state index in [-0.39, 0.29) is 5.78 Å². The molecule has 0 heterocycles. The zero-order valence-corrected chi connectivity index (χ0v) is 7.77. The lowest BCUT2D eigenvalue weighted by Gasteiger charge is -2.05. The molecule has 0 aromatic heterocycles. The lowest BCUT2D eigenvalue weighted by atomic mass is 10.1. The number of Topliss-reactive ketones (excluding diaryl/α,β-unsaturated/α-hetero) is 1. The van der Waals surface area contributed by atoms with Gasteiger partial charge in [-0.2, -0.15) is 0 Å². The van der Waals surface area contributed by atoms with Gasteiger partial charge in [0, 0.05) is 5.56 Å². The van der Waals surface area contributed by atoms with Crippen LogP contribution in [-0.4, -0.2) is 5.78 Å². The van der Waals surface area contributed by atoms with E-state index in [1.807, 2.05) is 6.92 Å². The number of nitrogens with two attached hydrogens (primary N) is 1. The molecule has 0 saturated heterocycles. The Labute approximate surface area is 76.3 Å². The van der Waals surface area contributed by atoms with Crippen LogP contribution in [0, 0.1) is 6.92 Å². The number of hydrogen-bond donors (Lipinski definition) is 1. The minimum atomic E-state index is -0.0632. The summed E-state index contributed by atoms with van der Waals surface area (Å²) in [7, 11) is 0. The van der Waals surface area contributed by atoms with Crippen molar-refractivity contribution in [2.45, 2.75) is 13.8 Å². The van der Waals surface area contributed by atoms with E-state index in [1.165, 1.54) is 6.92 Å². The molecule has 2 nitrogen and oxygen atoms in total. The number of nitrogen functional groups attached to an aromatic ring is 1. The largest absolute Gasteiger partial charge is 0.397 e. The van der Waals surface area contributed by atoms with Gasteiger partial charge in [0.2, 0.25) is 0 Å². The molecule has 0 saturated carbocycles. The number of rotatable bonds is 1. The highest BCUT2D eigenvalue weighted by atomic mass is 35.5. The van der Waals surface area contributed by atoms with Crippen molar-refractivity contribution in [3.8, 4) is 0 Å². The molecule has 0 aliphatic heterocycles. The molecule has 0 amide bonds. The van der Waals surface area contributed by atoms with Gasteiger partial charge in [-0.15, -0.1) is 0 Å². The van der Waals surface area contributed by atoms with Gasteiger partial charge >= 0.3 is 0 Å². The molecule has 0 unspecified atom stereocenters. The maximum absolute atomic E-state index is 11.0. The van der Waals surface area contributed by atoms with Gasteiger partial charge in [0.15, 0.2) is 5.78 Å². The number of carbonyl (C=O) groups excluding carboxylic acids is 1. The Balaban J connectivity index is 3.36. The van der Waals surface area contributed by atoms with Crippen LogP contribution in [0.3, 0.4) is 0 Å². The lowest BCUT2D eigenvalue weighted by Crippen LogP contribution is -1.98. The number of carbonyl (C=O) groups is 1. The molecule has 2 N–H and O–H groups in total. The third-order valence-electron chi connectivity index (χ3n) is 1.78. The Hall–Kier alpha value is -1.02. The number of hydrogen-bond acceptors (Lipinski definition) is 2. The third-order valence-corrected chi connectivity index (χ3v) is 2.18. The summed E-state index contributed by atoms with van der Waals surface area (Å²) in [6.07, 6.45) is 0. The van der Waals surface area contributed by atoms with Gasteiger partial charge in [-0.1, -0.05) is 17.7 Å². The van der Waals surface area contributed by atoms with Crippen molar-refractivity contribution >= 4 is 23.1 Å². The first kappa shape index (κ1) is 9.07. The summed E-state index contributed by atoms with van der Waals surface area (Å²) >= 11 is 5.85. The van der Waals surface area contributed by atoms with E-state index in [0.717, 1.165) is 5.56 Å². The zero-order valence-electron chi connectivity index (χ0n) is 7.02. The van der Waals surface area contributed by atoms with Gasteiger partial charge in [0.1, 0.15) is 0 Å². The molecular weight excluding hydrogens is 174 g/mol. The molecule has 1 aromatic rings. The third kappa shape index (κ3) is 1.43. The Morgan fingerprint density at radius 2 is 2.08 bits per heavy atom. The van der Waals surface area contributed by atoms with E-state index < -0.39 is 0 Å². The molecule has 0 aliphatic carbocycles. The fourth-order valence-corrected chi connectivity index (χ4v) is 1.31. The highest BCUT2D eigenvalue weighted by molar-refractivity contribution is 6.36. The fourth-order valence-electron chi connectivity index (χ4n) is 0.961. The zero-order chi connectivity index (χ0) is 9.30. The molecule has 12 heavy (non-hydrogen) atoms. The molecule has 0 radical (unpaired) electrons. The van der Waals surface area contributed by atoms with E-state index in [4.69, 9.17) is 17.3 Å². The van der Waals surface area contributed by atoms with Crippen LogP contribution < -0.4 is 5.73 Å². The predicted molar refractivity (Wildman–Crippen MR) is 50.6 cm³/mol. The van der Waals surface area contributed by atoms with Crippen LogP contribution in [0.4, 0.5) is 5.69 Å². The van der Waals surface area contributed by atoms with Crippen molar-refractivity contribution in [1.82, 2.24) is 0 Å². The van der Waals surface area contributed by atoms with Crippen LogP contribution in [0.5, 0.6) is 0 Å². The highest BCUT2D eigenvalue weighted by Crippen LogP contribution is 2.26. The normalized spacial score (nSPS) is 9.92. The van der Waals surface area contributed by atoms with Crippen molar-refractivity contribution in [3.63, 3.8) is 0 Å². The van der Waals surface area contributed by atoms with Crippen molar-refractivity contribution < 1.29 is 4.79 Å². The first-order valence-corrected chi connectivity index (χ1v) is 3.97. The van der Waals surface area contributed by atoms with Crippen molar-refractivity contribution in [3.05, 3.63) is 28.3 Å². The smallest absolute Gasteiger partial charge is 0.161 e. The van der Waals surface area contributed by atoms with Crippen LogP contribution in [0.2, 0.25) is 5.02 Å². The SMILES string of the molecule is CC(=O)c1ccc(C)c(N)c1Cl. The summed E-state index contributed by atoms with van der Waals surface area (Å²) in [5.41, 5.74) is 7.51. The lowest BCUT2D eigenvalue weighted by molar-refractivity contribution is 0.101. The number of ketones is 1. The Kier molecular flexibility index (Phi) is 2.38. The molecule has 0 bridgehead atoms. The Morgan fingerprint density at radius 1 is 1.50 bits per heavy atom. The van der Waals surface area contributed by atoms with Crippen LogP contribution in [0.25, 0.3) is 0 Å². The number of aryl methyl sites for hydroxylation is 1. The van der Waals surface area contributed by atoms with Crippen molar-refractivity contribution in [2.24, 2.45) is 0 Å². The summed E-state index contributed by atoms with van der Waals surface area (Å²) in [6.45, 7) is 3.32. The van der Waals surface area contributed by atoms with E-state index >= 15 is 0 Å². The average Bonchev–Trinajstić information content (AvgIpc) is 2.00. The standard InChI is InChI=1S/C9H10ClNO/c1-5-3-4-7(6(2)12)8(10)9(5)11/h3-4H,11H2,1-2H3. The number of anilines is 1. The van der Waals surface area contributed by atoms with E-state index in [9.17, 15) is 4.79 Å². The topological polar surface area (TPSA) is 43.1 Å². The van der Waals surface area contributed by atoms with E-state index in [0.29, 0.717) is 16.3 Å². The summed E-state index contributed by atoms with van der Waals surface area (Å²) < 4.78 is 0. The fraction of sp³-hybridized carbons (Fsp3) is 0.222. The molecule has 3 heteroatoms. The van der Waals surface area contributed by atoms with Crippen LogP contribution in [0.1, 0.15) is 22.8 Å². The number of benzene rings is 1. The Morgan fingerprint density at radius 3 is 2.58 bits per heavy atom. The molecular formula is C9H10ClNO. The minimum Gasteiger partial charge on any atom is -0.397 e. The second-order valence-electron chi connectivity index (χ2n) is 2.71. The predicted octanol–water partition coefficient (Wildman–Crippen LogP) is 2.43. The molecule has 1 rings (SSSR count). The van der Waals surface area contributed by atoms with Crippen molar-refractivity contribution in [1.29, 1.82) is 0 Å². The second kappa shape index (κ2) is 3.15. The molecule has 1 aromatic carbocycles. The van der Waals surface area contributed by atoms with Gasteiger partial charge in [-0.3, -0.25) is 4.79 Å². The molecule has 64 valence electrons. The summed E-state index contributed by atoms with van der Waals surface area (Å²) in [5.74, 6) is -0.0632. The monoisotopic (exact) mass is 183 g/mol.